The van der Waals surface area contributed by atoms with Gasteiger partial charge in [-0.3, -0.25) is 9.58 Å². The van der Waals surface area contributed by atoms with Gasteiger partial charge in [-0.1, -0.05) is 33.0 Å². The van der Waals surface area contributed by atoms with Crippen molar-refractivity contribution in [1.29, 1.82) is 0 Å². The average molecular weight is 268 g/mol. The number of aromatic nitrogens is 2. The molecule has 4 nitrogen and oxygen atoms in total. The molecule has 0 bridgehead atoms. The Morgan fingerprint density at radius 3 is 2.61 bits per heavy atom. The van der Waals surface area contributed by atoms with Crippen molar-refractivity contribution in [2.24, 2.45) is 5.73 Å². The molecular formula is C13H24N4S. The molecule has 18 heavy (non-hydrogen) atoms. The summed E-state index contributed by atoms with van der Waals surface area (Å²) in [4.78, 5) is 2.73. The van der Waals surface area contributed by atoms with Crippen molar-refractivity contribution in [2.75, 3.05) is 13.1 Å². The smallest absolute Gasteiger partial charge is 0.0870 e. The van der Waals surface area contributed by atoms with E-state index in [2.05, 4.69) is 47.7 Å². The molecule has 0 saturated carbocycles. The Morgan fingerprint density at radius 2 is 2.11 bits per heavy atom. The zero-order chi connectivity index (χ0) is 13.5. The van der Waals surface area contributed by atoms with Crippen molar-refractivity contribution >= 4 is 17.2 Å². The van der Waals surface area contributed by atoms with Gasteiger partial charge in [0.15, 0.2) is 0 Å². The van der Waals surface area contributed by atoms with Crippen molar-refractivity contribution in [2.45, 2.75) is 46.2 Å². The lowest BCUT2D eigenvalue weighted by molar-refractivity contribution is 0.313. The Hall–Kier alpha value is -0.940. The van der Waals surface area contributed by atoms with Crippen molar-refractivity contribution in [3.05, 3.63) is 18.0 Å². The van der Waals surface area contributed by atoms with Crippen LogP contribution < -0.4 is 5.73 Å². The molecule has 1 heterocycles. The summed E-state index contributed by atoms with van der Waals surface area (Å²) >= 11 is 4.95. The topological polar surface area (TPSA) is 47.1 Å². The highest BCUT2D eigenvalue weighted by atomic mass is 32.1. The first-order valence-electron chi connectivity index (χ1n) is 6.65. The Labute approximate surface area is 115 Å². The van der Waals surface area contributed by atoms with Crippen molar-refractivity contribution in [3.63, 3.8) is 0 Å². The fraction of sp³-hybridized carbons (Fsp3) is 0.692. The van der Waals surface area contributed by atoms with Crippen LogP contribution in [0.2, 0.25) is 0 Å². The maximum atomic E-state index is 5.58. The zero-order valence-electron chi connectivity index (χ0n) is 11.6. The molecule has 0 aliphatic rings. The van der Waals surface area contributed by atoms with Gasteiger partial charge in [-0.05, 0) is 25.5 Å². The van der Waals surface area contributed by atoms with Gasteiger partial charge in [0, 0.05) is 19.3 Å². The van der Waals surface area contributed by atoms with Crippen molar-refractivity contribution in [3.8, 4) is 0 Å². The van der Waals surface area contributed by atoms with E-state index in [1.54, 1.807) is 0 Å². The second kappa shape index (κ2) is 7.48. The van der Waals surface area contributed by atoms with E-state index in [9.17, 15) is 0 Å². The number of hydrogen-bond acceptors (Lipinski definition) is 3. The molecule has 0 aliphatic heterocycles. The van der Waals surface area contributed by atoms with Gasteiger partial charge in [-0.15, -0.1) is 0 Å². The minimum atomic E-state index is 0.504. The predicted molar refractivity (Wildman–Crippen MR) is 79.6 cm³/mol. The number of likely N-dealkylation sites (N-methyl/N-ethyl adjacent to an activating group) is 1. The first-order chi connectivity index (χ1) is 8.60. The van der Waals surface area contributed by atoms with E-state index >= 15 is 0 Å². The van der Waals surface area contributed by atoms with Gasteiger partial charge in [-0.25, -0.2) is 0 Å². The van der Waals surface area contributed by atoms with Crippen molar-refractivity contribution < 1.29 is 0 Å². The summed E-state index contributed by atoms with van der Waals surface area (Å²) in [5, 5.41) is 4.64. The summed E-state index contributed by atoms with van der Waals surface area (Å²) in [5.74, 6) is 0. The molecule has 5 heteroatoms. The summed E-state index contributed by atoms with van der Waals surface area (Å²) in [6, 6.07) is 2.59. The van der Waals surface area contributed by atoms with Crippen LogP contribution in [0.25, 0.3) is 0 Å². The SMILES string of the molecule is CCC(CC)n1ccc(CN(CC)CC(N)=S)n1. The number of nitrogens with zero attached hydrogens (tertiary/aromatic N) is 3. The molecule has 0 atom stereocenters. The van der Waals surface area contributed by atoms with Crippen LogP contribution >= 0.6 is 12.2 Å². The Bertz CT molecular complexity index is 371. The maximum absolute atomic E-state index is 5.58. The minimum Gasteiger partial charge on any atom is -0.392 e. The number of thiocarbonyl (C=S) groups is 1. The molecule has 0 aromatic carbocycles. The zero-order valence-corrected chi connectivity index (χ0v) is 12.4. The van der Waals surface area contributed by atoms with Gasteiger partial charge < -0.3 is 5.73 Å². The number of hydrogen-bond donors (Lipinski definition) is 1. The third-order valence-corrected chi connectivity index (χ3v) is 3.32. The molecule has 0 spiro atoms. The highest BCUT2D eigenvalue weighted by molar-refractivity contribution is 7.80. The van der Waals surface area contributed by atoms with Crippen LogP contribution in [-0.4, -0.2) is 32.8 Å². The quantitative estimate of drug-likeness (QED) is 0.735. The second-order valence-corrected chi connectivity index (χ2v) is 5.05. The lowest BCUT2D eigenvalue weighted by atomic mass is 10.2. The molecule has 1 aromatic heterocycles. The lowest BCUT2D eigenvalue weighted by Crippen LogP contribution is -2.32. The molecule has 1 aromatic rings. The lowest BCUT2D eigenvalue weighted by Gasteiger charge is -2.18. The highest BCUT2D eigenvalue weighted by Gasteiger charge is 2.10. The van der Waals surface area contributed by atoms with Crippen LogP contribution in [0.15, 0.2) is 12.3 Å². The van der Waals surface area contributed by atoms with Crippen LogP contribution in [0.1, 0.15) is 45.3 Å². The molecule has 1 rings (SSSR count). The van der Waals surface area contributed by atoms with Gasteiger partial charge in [0.25, 0.3) is 0 Å². The normalized spacial score (nSPS) is 11.4. The Morgan fingerprint density at radius 1 is 1.44 bits per heavy atom. The van der Waals surface area contributed by atoms with Crippen LogP contribution in [0.5, 0.6) is 0 Å². The Kier molecular flexibility index (Phi) is 6.29. The van der Waals surface area contributed by atoms with Crippen molar-refractivity contribution in [1.82, 2.24) is 14.7 Å². The second-order valence-electron chi connectivity index (χ2n) is 4.53. The average Bonchev–Trinajstić information content (AvgIpc) is 2.78. The third-order valence-electron chi connectivity index (χ3n) is 3.19. The van der Waals surface area contributed by atoms with Gasteiger partial charge in [0.05, 0.1) is 16.7 Å². The monoisotopic (exact) mass is 268 g/mol. The summed E-state index contributed by atoms with van der Waals surface area (Å²) in [7, 11) is 0. The standard InChI is InChI=1S/C13H24N4S/c1-4-12(5-2)17-8-7-11(15-17)9-16(6-3)10-13(14)18/h7-8,12H,4-6,9-10H2,1-3H3,(H2,14,18). The summed E-state index contributed by atoms with van der Waals surface area (Å²) < 4.78 is 2.07. The van der Waals surface area contributed by atoms with E-state index in [0.29, 0.717) is 17.6 Å². The molecule has 0 saturated heterocycles. The van der Waals surface area contributed by atoms with Gasteiger partial charge in [0.2, 0.25) is 0 Å². The van der Waals surface area contributed by atoms with Crippen LogP contribution in [-0.2, 0) is 6.54 Å². The fourth-order valence-corrected chi connectivity index (χ4v) is 2.24. The molecule has 102 valence electrons. The van der Waals surface area contributed by atoms with E-state index in [0.717, 1.165) is 31.6 Å². The maximum Gasteiger partial charge on any atom is 0.0870 e. The third kappa shape index (κ3) is 4.38. The van der Waals surface area contributed by atoms with Gasteiger partial charge in [0.1, 0.15) is 0 Å². The molecule has 0 amide bonds. The van der Waals surface area contributed by atoms with Crippen LogP contribution in [0.4, 0.5) is 0 Å². The van der Waals surface area contributed by atoms with Crippen LogP contribution in [0.3, 0.4) is 0 Å². The Balaban J connectivity index is 2.64. The first-order valence-corrected chi connectivity index (χ1v) is 7.06. The largest absolute Gasteiger partial charge is 0.392 e. The highest BCUT2D eigenvalue weighted by Crippen LogP contribution is 2.15. The molecule has 0 radical (unpaired) electrons. The van der Waals surface area contributed by atoms with E-state index in [4.69, 9.17) is 18.0 Å². The minimum absolute atomic E-state index is 0.504. The van der Waals surface area contributed by atoms with E-state index in [-0.39, 0.29) is 0 Å². The first kappa shape index (κ1) is 15.1. The molecule has 2 N–H and O–H groups in total. The van der Waals surface area contributed by atoms with Gasteiger partial charge in [-0.2, -0.15) is 5.10 Å². The summed E-state index contributed by atoms with van der Waals surface area (Å²) in [6.45, 7) is 8.89. The summed E-state index contributed by atoms with van der Waals surface area (Å²) in [6.07, 6.45) is 4.30. The van der Waals surface area contributed by atoms with Gasteiger partial charge >= 0.3 is 0 Å². The summed E-state index contributed by atoms with van der Waals surface area (Å²) in [5.41, 5.74) is 6.67. The van der Waals surface area contributed by atoms with E-state index in [1.165, 1.54) is 0 Å². The molecule has 0 unspecified atom stereocenters. The molecule has 0 fully saturated rings. The fourth-order valence-electron chi connectivity index (χ4n) is 2.06. The van der Waals surface area contributed by atoms with E-state index in [1.807, 2.05) is 0 Å². The molecule has 0 aliphatic carbocycles. The predicted octanol–water partition coefficient (Wildman–Crippen LogP) is 2.35. The van der Waals surface area contributed by atoms with Crippen LogP contribution in [0, 0.1) is 0 Å². The molecular weight excluding hydrogens is 244 g/mol. The van der Waals surface area contributed by atoms with E-state index < -0.39 is 0 Å². The number of nitrogens with two attached hydrogens (primary N) is 1. The number of rotatable bonds is 8.